The summed E-state index contributed by atoms with van der Waals surface area (Å²) in [5.74, 6) is 0. The fourth-order valence-electron chi connectivity index (χ4n) is 2.78. The smallest absolute Gasteiger partial charge is 0.166 e. The highest BCUT2D eigenvalue weighted by atomic mass is 19.4. The molecule has 0 unspecified atom stereocenters. The van der Waals surface area contributed by atoms with E-state index in [0.717, 1.165) is 6.07 Å². The lowest BCUT2D eigenvalue weighted by atomic mass is 9.83. The first-order valence-electron chi connectivity index (χ1n) is 6.08. The van der Waals surface area contributed by atoms with Gasteiger partial charge in [-0.3, -0.25) is 0 Å². The van der Waals surface area contributed by atoms with E-state index in [0.29, 0.717) is 5.39 Å². The van der Waals surface area contributed by atoms with Crippen molar-refractivity contribution >= 4 is 16.3 Å². The van der Waals surface area contributed by atoms with Crippen LogP contribution in [0.3, 0.4) is 0 Å². The molecule has 0 nitrogen and oxygen atoms in total. The third kappa shape index (κ3) is 2.18. The Bertz CT molecular complexity index is 744. The van der Waals surface area contributed by atoms with Crippen molar-refractivity contribution in [3.63, 3.8) is 0 Å². The van der Waals surface area contributed by atoms with Gasteiger partial charge in [-0.2, -0.15) is 26.3 Å². The topological polar surface area (TPSA) is 0 Å². The second-order valence-electron chi connectivity index (χ2n) is 4.85. The van der Waals surface area contributed by atoms with Crippen LogP contribution < -0.4 is 0 Å². The van der Waals surface area contributed by atoms with Crippen LogP contribution in [-0.2, 0) is 6.42 Å². The molecule has 2 aromatic carbocycles. The Morgan fingerprint density at radius 3 is 1.95 bits per heavy atom. The number of benzene rings is 2. The van der Waals surface area contributed by atoms with Gasteiger partial charge in [0.2, 0.25) is 0 Å². The van der Waals surface area contributed by atoms with E-state index < -0.39 is 35.5 Å². The molecule has 3 rings (SSSR count). The Labute approximate surface area is 115 Å². The van der Waals surface area contributed by atoms with E-state index in [4.69, 9.17) is 0 Å². The molecule has 0 saturated heterocycles. The van der Waals surface area contributed by atoms with Crippen molar-refractivity contribution in [3.8, 4) is 0 Å². The molecular formula is C15H8F6. The van der Waals surface area contributed by atoms with Crippen molar-refractivity contribution in [2.75, 3.05) is 0 Å². The quantitative estimate of drug-likeness (QED) is 0.581. The van der Waals surface area contributed by atoms with Crippen LogP contribution in [0.4, 0.5) is 26.3 Å². The monoisotopic (exact) mass is 302 g/mol. The molecule has 0 spiro atoms. The lowest BCUT2D eigenvalue weighted by Crippen LogP contribution is -2.25. The van der Waals surface area contributed by atoms with Crippen molar-refractivity contribution in [2.45, 2.75) is 18.8 Å². The Morgan fingerprint density at radius 2 is 1.38 bits per heavy atom. The Hall–Kier alpha value is -1.98. The molecule has 0 atom stereocenters. The van der Waals surface area contributed by atoms with Crippen LogP contribution >= 0.6 is 0 Å². The highest BCUT2D eigenvalue weighted by molar-refractivity contribution is 6.00. The van der Waals surface area contributed by atoms with Crippen LogP contribution in [0.15, 0.2) is 42.0 Å². The molecule has 6 heteroatoms. The zero-order valence-electron chi connectivity index (χ0n) is 10.4. The van der Waals surface area contributed by atoms with Crippen molar-refractivity contribution in [2.24, 2.45) is 0 Å². The lowest BCUT2D eigenvalue weighted by Gasteiger charge is -2.26. The normalized spacial score (nSPS) is 15.7. The van der Waals surface area contributed by atoms with E-state index in [2.05, 4.69) is 0 Å². The van der Waals surface area contributed by atoms with E-state index in [-0.39, 0.29) is 10.9 Å². The van der Waals surface area contributed by atoms with Gasteiger partial charge in [0.25, 0.3) is 0 Å². The van der Waals surface area contributed by atoms with Gasteiger partial charge in [0.05, 0.1) is 11.1 Å². The first-order chi connectivity index (χ1) is 9.69. The summed E-state index contributed by atoms with van der Waals surface area (Å²) in [6.07, 6.45) is -10.8. The summed E-state index contributed by atoms with van der Waals surface area (Å²) in [5.41, 5.74) is -3.22. The van der Waals surface area contributed by atoms with Crippen LogP contribution in [-0.4, -0.2) is 12.4 Å². The summed E-state index contributed by atoms with van der Waals surface area (Å²) in [4.78, 5) is 0. The number of alkyl halides is 6. The van der Waals surface area contributed by atoms with E-state index >= 15 is 0 Å². The molecule has 0 amide bonds. The molecule has 0 aromatic heterocycles. The Kier molecular flexibility index (Phi) is 2.83. The molecule has 110 valence electrons. The van der Waals surface area contributed by atoms with Gasteiger partial charge in [-0.15, -0.1) is 0 Å². The third-order valence-electron chi connectivity index (χ3n) is 3.55. The largest absolute Gasteiger partial charge is 0.417 e. The maximum absolute atomic E-state index is 13.2. The first kappa shape index (κ1) is 14.0. The third-order valence-corrected chi connectivity index (χ3v) is 3.55. The molecule has 0 aliphatic heterocycles. The fraction of sp³-hybridized carbons (Fsp3) is 0.200. The summed E-state index contributed by atoms with van der Waals surface area (Å²) in [6, 6.07) is 8.61. The second kappa shape index (κ2) is 4.26. The minimum absolute atomic E-state index is 0.250. The van der Waals surface area contributed by atoms with Gasteiger partial charge in [-0.25, -0.2) is 0 Å². The summed E-state index contributed by atoms with van der Waals surface area (Å²) < 4.78 is 78.7. The van der Waals surface area contributed by atoms with Crippen molar-refractivity contribution in [3.05, 3.63) is 53.1 Å². The number of halogens is 6. The van der Waals surface area contributed by atoms with Gasteiger partial charge >= 0.3 is 12.4 Å². The van der Waals surface area contributed by atoms with Gasteiger partial charge in [-0.1, -0.05) is 36.4 Å². The zero-order valence-corrected chi connectivity index (χ0v) is 10.4. The standard InChI is InChI=1S/C15H8F6/c16-14(17,18)11-7-9-5-1-3-8-4-2-6-10(12(8)9)13(11)15(19,20)21/h1-6H,7H2. The number of allylic oxidation sites excluding steroid dienone is 2. The summed E-state index contributed by atoms with van der Waals surface area (Å²) in [6.45, 7) is 0. The van der Waals surface area contributed by atoms with E-state index in [9.17, 15) is 26.3 Å². The molecule has 0 radical (unpaired) electrons. The van der Waals surface area contributed by atoms with Gasteiger partial charge < -0.3 is 0 Å². The molecule has 0 saturated carbocycles. The molecular weight excluding hydrogens is 294 g/mol. The highest BCUT2D eigenvalue weighted by Crippen LogP contribution is 2.48. The number of hydrogen-bond acceptors (Lipinski definition) is 0. The van der Waals surface area contributed by atoms with Crippen LogP contribution in [0.25, 0.3) is 16.3 Å². The Morgan fingerprint density at radius 1 is 0.762 bits per heavy atom. The summed E-state index contributed by atoms with van der Waals surface area (Å²) in [7, 11) is 0. The van der Waals surface area contributed by atoms with E-state index in [1.54, 1.807) is 18.2 Å². The summed E-state index contributed by atoms with van der Waals surface area (Å²) >= 11 is 0. The highest BCUT2D eigenvalue weighted by Gasteiger charge is 2.48. The molecule has 1 aliphatic rings. The van der Waals surface area contributed by atoms with Gasteiger partial charge in [-0.05, 0) is 21.9 Å². The molecule has 2 aromatic rings. The van der Waals surface area contributed by atoms with Gasteiger partial charge in [0.1, 0.15) is 0 Å². The van der Waals surface area contributed by atoms with E-state index in [1.165, 1.54) is 12.1 Å². The van der Waals surface area contributed by atoms with Gasteiger partial charge in [0, 0.05) is 6.42 Å². The molecule has 0 fully saturated rings. The molecule has 0 bridgehead atoms. The fourth-order valence-corrected chi connectivity index (χ4v) is 2.78. The van der Waals surface area contributed by atoms with E-state index in [1.807, 2.05) is 0 Å². The average Bonchev–Trinajstić information content (AvgIpc) is 2.36. The molecule has 0 N–H and O–H groups in total. The molecule has 0 heterocycles. The van der Waals surface area contributed by atoms with Crippen molar-refractivity contribution in [1.29, 1.82) is 0 Å². The van der Waals surface area contributed by atoms with Crippen LogP contribution in [0.5, 0.6) is 0 Å². The predicted molar refractivity (Wildman–Crippen MR) is 66.7 cm³/mol. The van der Waals surface area contributed by atoms with Crippen LogP contribution in [0.1, 0.15) is 11.1 Å². The minimum atomic E-state index is -5.05. The minimum Gasteiger partial charge on any atom is -0.166 e. The maximum atomic E-state index is 13.2. The van der Waals surface area contributed by atoms with Crippen molar-refractivity contribution < 1.29 is 26.3 Å². The second-order valence-corrected chi connectivity index (χ2v) is 4.85. The lowest BCUT2D eigenvalue weighted by molar-refractivity contribution is -0.103. The zero-order chi connectivity index (χ0) is 15.4. The van der Waals surface area contributed by atoms with Crippen LogP contribution in [0, 0.1) is 0 Å². The molecule has 21 heavy (non-hydrogen) atoms. The molecule has 1 aliphatic carbocycles. The number of hydrogen-bond donors (Lipinski definition) is 0. The number of rotatable bonds is 0. The Balaban J connectivity index is 2.43. The maximum Gasteiger partial charge on any atom is 0.417 e. The predicted octanol–water partition coefficient (Wildman–Crippen LogP) is 5.27. The van der Waals surface area contributed by atoms with Gasteiger partial charge in [0.15, 0.2) is 0 Å². The first-order valence-corrected chi connectivity index (χ1v) is 6.08. The van der Waals surface area contributed by atoms with Crippen molar-refractivity contribution in [1.82, 2.24) is 0 Å². The summed E-state index contributed by atoms with van der Waals surface area (Å²) in [5, 5.41) is 0.758. The van der Waals surface area contributed by atoms with Crippen LogP contribution in [0.2, 0.25) is 0 Å². The average molecular weight is 302 g/mol. The SMILES string of the molecule is FC(F)(F)C1=C(C(F)(F)F)c2cccc3cccc(c23)C1.